The molecule has 0 unspecified atom stereocenters. The molecule has 0 atom stereocenters. The van der Waals surface area contributed by atoms with Crippen LogP contribution in [-0.4, -0.2) is 20.8 Å². The largest absolute Gasteiger partial charge is 0.369 e. The summed E-state index contributed by atoms with van der Waals surface area (Å²) in [5, 5.41) is 0. The molecule has 4 nitrogen and oxygen atoms in total. The van der Waals surface area contributed by atoms with Gasteiger partial charge in [0.25, 0.3) is 0 Å². The Morgan fingerprint density at radius 1 is 1.22 bits per heavy atom. The molecule has 1 aromatic carbocycles. The van der Waals surface area contributed by atoms with Crippen molar-refractivity contribution in [1.29, 1.82) is 0 Å². The SMILES string of the molecule is CSc1cccc(-n2c(N)nc3cccnc32)c1. The predicted octanol–water partition coefficient (Wildman–Crippen LogP) is 2.72. The van der Waals surface area contributed by atoms with Crippen LogP contribution in [0.15, 0.2) is 47.5 Å². The molecule has 0 radical (unpaired) electrons. The van der Waals surface area contributed by atoms with Crippen LogP contribution in [0.3, 0.4) is 0 Å². The summed E-state index contributed by atoms with van der Waals surface area (Å²) in [4.78, 5) is 9.85. The molecule has 18 heavy (non-hydrogen) atoms. The Balaban J connectivity index is 2.27. The Kier molecular flexibility index (Phi) is 2.68. The third-order valence-corrected chi connectivity index (χ3v) is 3.48. The molecule has 2 aromatic heterocycles. The number of pyridine rings is 1. The molecular formula is C13H12N4S. The molecule has 0 aliphatic heterocycles. The molecule has 0 bridgehead atoms. The second kappa shape index (κ2) is 4.34. The van der Waals surface area contributed by atoms with E-state index >= 15 is 0 Å². The summed E-state index contributed by atoms with van der Waals surface area (Å²) in [7, 11) is 0. The predicted molar refractivity (Wildman–Crippen MR) is 75.1 cm³/mol. The van der Waals surface area contributed by atoms with E-state index in [9.17, 15) is 0 Å². The molecule has 3 aromatic rings. The van der Waals surface area contributed by atoms with Crippen LogP contribution in [0.2, 0.25) is 0 Å². The third-order valence-electron chi connectivity index (χ3n) is 2.75. The molecule has 2 heterocycles. The van der Waals surface area contributed by atoms with Gasteiger partial charge in [-0.1, -0.05) is 6.07 Å². The fourth-order valence-corrected chi connectivity index (χ4v) is 2.39. The van der Waals surface area contributed by atoms with Crippen LogP contribution in [0.5, 0.6) is 0 Å². The number of rotatable bonds is 2. The highest BCUT2D eigenvalue weighted by Crippen LogP contribution is 2.24. The fraction of sp³-hybridized carbons (Fsp3) is 0.0769. The minimum absolute atomic E-state index is 0.460. The van der Waals surface area contributed by atoms with Crippen molar-refractivity contribution in [3.63, 3.8) is 0 Å². The maximum Gasteiger partial charge on any atom is 0.207 e. The number of imidazole rings is 1. The second-order valence-corrected chi connectivity index (χ2v) is 4.73. The van der Waals surface area contributed by atoms with E-state index in [-0.39, 0.29) is 0 Å². The number of anilines is 1. The van der Waals surface area contributed by atoms with Crippen LogP contribution in [0.4, 0.5) is 5.95 Å². The van der Waals surface area contributed by atoms with E-state index in [0.717, 1.165) is 16.9 Å². The zero-order chi connectivity index (χ0) is 12.5. The maximum absolute atomic E-state index is 5.98. The van der Waals surface area contributed by atoms with Crippen molar-refractivity contribution in [3.05, 3.63) is 42.6 Å². The first-order chi connectivity index (χ1) is 8.79. The van der Waals surface area contributed by atoms with E-state index in [2.05, 4.69) is 22.1 Å². The van der Waals surface area contributed by atoms with E-state index in [0.29, 0.717) is 5.95 Å². The molecule has 2 N–H and O–H groups in total. The number of nitrogens with zero attached hydrogens (tertiary/aromatic N) is 3. The van der Waals surface area contributed by atoms with Crippen LogP contribution >= 0.6 is 11.8 Å². The van der Waals surface area contributed by atoms with Crippen molar-refractivity contribution in [2.75, 3.05) is 12.0 Å². The van der Waals surface area contributed by atoms with E-state index in [1.54, 1.807) is 18.0 Å². The summed E-state index contributed by atoms with van der Waals surface area (Å²) in [6.07, 6.45) is 3.80. The molecular weight excluding hydrogens is 244 g/mol. The van der Waals surface area contributed by atoms with Gasteiger partial charge >= 0.3 is 0 Å². The molecule has 0 saturated carbocycles. The fourth-order valence-electron chi connectivity index (χ4n) is 1.93. The first-order valence-electron chi connectivity index (χ1n) is 5.53. The monoisotopic (exact) mass is 256 g/mol. The van der Waals surface area contributed by atoms with Gasteiger partial charge in [0.1, 0.15) is 5.52 Å². The van der Waals surface area contributed by atoms with Crippen LogP contribution in [0.25, 0.3) is 16.9 Å². The van der Waals surface area contributed by atoms with Crippen molar-refractivity contribution in [2.24, 2.45) is 0 Å². The molecule has 0 spiro atoms. The van der Waals surface area contributed by atoms with Crippen molar-refractivity contribution in [3.8, 4) is 5.69 Å². The Bertz CT molecular complexity index is 705. The Hall–Kier alpha value is -2.01. The molecule has 0 amide bonds. The van der Waals surface area contributed by atoms with Crippen molar-refractivity contribution < 1.29 is 0 Å². The van der Waals surface area contributed by atoms with Crippen molar-refractivity contribution in [2.45, 2.75) is 4.90 Å². The summed E-state index contributed by atoms with van der Waals surface area (Å²) >= 11 is 1.70. The molecule has 0 aliphatic rings. The van der Waals surface area contributed by atoms with E-state index < -0.39 is 0 Å². The van der Waals surface area contributed by atoms with Crippen LogP contribution < -0.4 is 5.73 Å². The smallest absolute Gasteiger partial charge is 0.207 e. The van der Waals surface area contributed by atoms with Gasteiger partial charge < -0.3 is 5.73 Å². The Labute approximate surface area is 109 Å². The summed E-state index contributed by atoms with van der Waals surface area (Å²) in [6.45, 7) is 0. The number of nitrogens with two attached hydrogens (primary N) is 1. The number of hydrogen-bond acceptors (Lipinski definition) is 4. The van der Waals surface area contributed by atoms with Gasteiger partial charge in [0, 0.05) is 11.1 Å². The number of aromatic nitrogens is 3. The van der Waals surface area contributed by atoms with Gasteiger partial charge in [0.2, 0.25) is 5.95 Å². The Morgan fingerprint density at radius 2 is 2.11 bits per heavy atom. The van der Waals surface area contributed by atoms with Gasteiger partial charge in [-0.15, -0.1) is 11.8 Å². The van der Waals surface area contributed by atoms with Gasteiger partial charge in [0.05, 0.1) is 5.69 Å². The summed E-state index contributed by atoms with van der Waals surface area (Å²) in [5.74, 6) is 0.460. The average molecular weight is 256 g/mol. The molecule has 5 heteroatoms. The summed E-state index contributed by atoms with van der Waals surface area (Å²) in [6, 6.07) is 11.9. The standard InChI is InChI=1S/C13H12N4S/c1-18-10-5-2-4-9(8-10)17-12-11(16-13(17)14)6-3-7-15-12/h2-8H,1H3,(H2,14,16). The maximum atomic E-state index is 5.98. The highest BCUT2D eigenvalue weighted by atomic mass is 32.2. The highest BCUT2D eigenvalue weighted by Gasteiger charge is 2.10. The van der Waals surface area contributed by atoms with Gasteiger partial charge in [-0.05, 0) is 36.6 Å². The molecule has 0 fully saturated rings. The third kappa shape index (κ3) is 1.73. The Morgan fingerprint density at radius 3 is 2.94 bits per heavy atom. The lowest BCUT2D eigenvalue weighted by molar-refractivity contribution is 1.07. The van der Waals surface area contributed by atoms with Gasteiger partial charge in [-0.25, -0.2) is 9.97 Å². The van der Waals surface area contributed by atoms with Crippen LogP contribution in [-0.2, 0) is 0 Å². The number of thioether (sulfide) groups is 1. The second-order valence-electron chi connectivity index (χ2n) is 3.85. The zero-order valence-electron chi connectivity index (χ0n) is 9.87. The van der Waals surface area contributed by atoms with Gasteiger partial charge in [0.15, 0.2) is 5.65 Å². The normalized spacial score (nSPS) is 10.9. The van der Waals surface area contributed by atoms with E-state index in [4.69, 9.17) is 5.73 Å². The van der Waals surface area contributed by atoms with E-state index in [1.807, 2.05) is 35.1 Å². The number of fused-ring (bicyclic) bond motifs is 1. The topological polar surface area (TPSA) is 56.7 Å². The van der Waals surface area contributed by atoms with Crippen LogP contribution in [0, 0.1) is 0 Å². The quantitative estimate of drug-likeness (QED) is 0.716. The van der Waals surface area contributed by atoms with Crippen molar-refractivity contribution >= 4 is 28.9 Å². The summed E-state index contributed by atoms with van der Waals surface area (Å²) < 4.78 is 1.87. The minimum Gasteiger partial charge on any atom is -0.369 e. The van der Waals surface area contributed by atoms with Gasteiger partial charge in [-0.2, -0.15) is 0 Å². The highest BCUT2D eigenvalue weighted by molar-refractivity contribution is 7.98. The molecule has 0 aliphatic carbocycles. The molecule has 0 saturated heterocycles. The molecule has 90 valence electrons. The average Bonchev–Trinajstić information content (AvgIpc) is 2.74. The number of benzene rings is 1. The van der Waals surface area contributed by atoms with E-state index in [1.165, 1.54) is 4.90 Å². The lowest BCUT2D eigenvalue weighted by atomic mass is 10.3. The first kappa shape index (κ1) is 11.1. The minimum atomic E-state index is 0.460. The zero-order valence-corrected chi connectivity index (χ0v) is 10.7. The number of nitrogen functional groups attached to an aromatic ring is 1. The van der Waals surface area contributed by atoms with Gasteiger partial charge in [-0.3, -0.25) is 4.57 Å². The van der Waals surface area contributed by atoms with Crippen LogP contribution in [0.1, 0.15) is 0 Å². The lowest BCUT2D eigenvalue weighted by Gasteiger charge is -2.06. The molecule has 3 rings (SSSR count). The van der Waals surface area contributed by atoms with Crippen molar-refractivity contribution in [1.82, 2.24) is 14.5 Å². The first-order valence-corrected chi connectivity index (χ1v) is 6.75. The number of hydrogen-bond donors (Lipinski definition) is 1. The lowest BCUT2D eigenvalue weighted by Crippen LogP contribution is -2.01. The summed E-state index contributed by atoms with van der Waals surface area (Å²) in [5.41, 5.74) is 8.56.